The van der Waals surface area contributed by atoms with Crippen molar-refractivity contribution in [3.05, 3.63) is 24.3 Å². The van der Waals surface area contributed by atoms with Gasteiger partial charge in [0.05, 0.1) is 19.8 Å². The topological polar surface area (TPSA) is 149 Å². The third-order valence-electron chi connectivity index (χ3n) is 9.83. The van der Waals surface area contributed by atoms with Crippen molar-refractivity contribution in [1.29, 1.82) is 0 Å². The molecule has 11 heteroatoms. The molecule has 0 aromatic carbocycles. The van der Waals surface area contributed by atoms with E-state index in [4.69, 9.17) is 23.6 Å². The van der Waals surface area contributed by atoms with Gasteiger partial charge in [-0.1, -0.05) is 160 Å². The molecule has 3 unspecified atom stereocenters. The Labute approximate surface area is 342 Å². The van der Waals surface area contributed by atoms with Gasteiger partial charge in [0.2, 0.25) is 0 Å². The molecule has 0 spiro atoms. The highest BCUT2D eigenvalue weighted by molar-refractivity contribution is 7.47. The highest BCUT2D eigenvalue weighted by atomic mass is 31.2. The number of phosphoric acid groups is 1. The third kappa shape index (κ3) is 40.6. The summed E-state index contributed by atoms with van der Waals surface area (Å²) in [5.74, 6) is -0.933. The molecule has 3 atom stereocenters. The van der Waals surface area contributed by atoms with E-state index in [0.29, 0.717) is 12.8 Å². The van der Waals surface area contributed by atoms with Crippen LogP contribution in [-0.2, 0) is 32.7 Å². The van der Waals surface area contributed by atoms with Crippen molar-refractivity contribution in [1.82, 2.24) is 0 Å². The maximum absolute atomic E-state index is 12.6. The van der Waals surface area contributed by atoms with Crippen LogP contribution in [0.25, 0.3) is 0 Å². The van der Waals surface area contributed by atoms with Crippen molar-refractivity contribution < 1.29 is 47.8 Å². The van der Waals surface area contributed by atoms with Gasteiger partial charge in [0.25, 0.3) is 0 Å². The van der Waals surface area contributed by atoms with E-state index in [2.05, 4.69) is 38.2 Å². The van der Waals surface area contributed by atoms with Gasteiger partial charge in [-0.2, -0.15) is 0 Å². The molecule has 0 aromatic rings. The lowest BCUT2D eigenvalue weighted by molar-refractivity contribution is -0.161. The molecule has 0 saturated carbocycles. The molecule has 0 heterocycles. The van der Waals surface area contributed by atoms with Gasteiger partial charge in [-0.3, -0.25) is 18.6 Å². The molecule has 0 amide bonds. The van der Waals surface area contributed by atoms with E-state index in [0.717, 1.165) is 57.8 Å². The number of esters is 2. The molecule has 10 nitrogen and oxygen atoms in total. The molecule has 3 N–H and O–H groups in total. The third-order valence-corrected chi connectivity index (χ3v) is 10.8. The molecule has 0 aromatic heterocycles. The first-order valence-corrected chi connectivity index (χ1v) is 24.3. The average molecular weight is 817 g/mol. The Kier molecular flexibility index (Phi) is 40.5. The van der Waals surface area contributed by atoms with Gasteiger partial charge >= 0.3 is 19.8 Å². The van der Waals surface area contributed by atoms with E-state index >= 15 is 0 Å². The van der Waals surface area contributed by atoms with E-state index in [1.807, 2.05) is 0 Å². The maximum atomic E-state index is 12.6. The second-order valence-corrected chi connectivity index (χ2v) is 16.9. The number of carbonyl (C=O) groups is 2. The van der Waals surface area contributed by atoms with Gasteiger partial charge < -0.3 is 24.6 Å². The fraction of sp³-hybridized carbons (Fsp3) is 0.867. The van der Waals surface area contributed by atoms with E-state index < -0.39 is 51.8 Å². The number of aliphatic hydroxyl groups excluding tert-OH is 2. The highest BCUT2D eigenvalue weighted by Crippen LogP contribution is 2.43. The molecule has 0 aliphatic carbocycles. The normalized spacial score (nSPS) is 14.0. The standard InChI is InChI=1S/C45H85O10P/c1-3-5-7-9-11-13-15-17-19-20-21-23-25-27-29-31-33-35-37-45(49)55-43(41-54-56(50,51)53-39-42(47)38-46)40-52-44(48)36-34-32-30-28-26-24-22-18-16-14-12-10-8-6-4-2/h18-20,22,42-43,46-47H,3-17,21,23-41H2,1-2H3,(H,50,51)/b20-19-,22-18-. The minimum atomic E-state index is -4.62. The van der Waals surface area contributed by atoms with Crippen molar-refractivity contribution in [3.63, 3.8) is 0 Å². The van der Waals surface area contributed by atoms with E-state index in [1.165, 1.54) is 116 Å². The largest absolute Gasteiger partial charge is 0.472 e. The molecular weight excluding hydrogens is 731 g/mol. The maximum Gasteiger partial charge on any atom is 0.472 e. The van der Waals surface area contributed by atoms with E-state index in [1.54, 1.807) is 0 Å². The van der Waals surface area contributed by atoms with Crippen LogP contribution in [0.5, 0.6) is 0 Å². The van der Waals surface area contributed by atoms with Crippen molar-refractivity contribution in [2.75, 3.05) is 26.4 Å². The summed E-state index contributed by atoms with van der Waals surface area (Å²) in [6.45, 7) is 2.38. The second-order valence-electron chi connectivity index (χ2n) is 15.4. The van der Waals surface area contributed by atoms with Gasteiger partial charge in [0, 0.05) is 12.8 Å². The SMILES string of the molecule is CCCCCCCC/C=C\CCCCCCCC(=O)OCC(COP(=O)(O)OCC(O)CO)OC(=O)CCCCCCCCC/C=C\CCCCCCCCC. The van der Waals surface area contributed by atoms with Crippen molar-refractivity contribution >= 4 is 19.8 Å². The van der Waals surface area contributed by atoms with Gasteiger partial charge in [0.1, 0.15) is 12.7 Å². The number of hydrogen-bond donors (Lipinski definition) is 3. The number of allylic oxidation sites excluding steroid dienone is 4. The molecule has 0 saturated heterocycles. The number of rotatable bonds is 43. The van der Waals surface area contributed by atoms with Gasteiger partial charge in [-0.05, 0) is 64.2 Å². The monoisotopic (exact) mass is 817 g/mol. The van der Waals surface area contributed by atoms with Crippen LogP contribution in [0.3, 0.4) is 0 Å². The highest BCUT2D eigenvalue weighted by Gasteiger charge is 2.27. The second kappa shape index (κ2) is 41.6. The lowest BCUT2D eigenvalue weighted by Gasteiger charge is -2.20. The molecule has 330 valence electrons. The van der Waals surface area contributed by atoms with Crippen LogP contribution >= 0.6 is 7.82 Å². The zero-order valence-electron chi connectivity index (χ0n) is 35.9. The Bertz CT molecular complexity index is 988. The minimum absolute atomic E-state index is 0.179. The van der Waals surface area contributed by atoms with Crippen LogP contribution in [0.4, 0.5) is 0 Å². The van der Waals surface area contributed by atoms with Crippen LogP contribution in [0.2, 0.25) is 0 Å². The summed E-state index contributed by atoms with van der Waals surface area (Å²) in [5.41, 5.74) is 0. The Morgan fingerprint density at radius 1 is 0.518 bits per heavy atom. The molecule has 0 aliphatic heterocycles. The molecular formula is C45H85O10P. The predicted octanol–water partition coefficient (Wildman–Crippen LogP) is 12.2. The predicted molar refractivity (Wildman–Crippen MR) is 228 cm³/mol. The number of carbonyl (C=O) groups excluding carboxylic acids is 2. The summed E-state index contributed by atoms with van der Waals surface area (Å²) >= 11 is 0. The Hall–Kier alpha value is -1.55. The first kappa shape index (κ1) is 54.5. The summed E-state index contributed by atoms with van der Waals surface area (Å²) in [7, 11) is -4.62. The average Bonchev–Trinajstić information content (AvgIpc) is 3.19. The summed E-state index contributed by atoms with van der Waals surface area (Å²) in [5, 5.41) is 18.3. The summed E-state index contributed by atoms with van der Waals surface area (Å²) < 4.78 is 32.7. The van der Waals surface area contributed by atoms with E-state index in [9.17, 15) is 24.2 Å². The van der Waals surface area contributed by atoms with Crippen LogP contribution in [0, 0.1) is 0 Å². The van der Waals surface area contributed by atoms with Crippen LogP contribution < -0.4 is 0 Å². The quantitative estimate of drug-likeness (QED) is 0.0235. The van der Waals surface area contributed by atoms with Crippen molar-refractivity contribution in [2.45, 2.75) is 225 Å². The molecule has 0 rings (SSSR count). The fourth-order valence-corrected chi connectivity index (χ4v) is 7.07. The van der Waals surface area contributed by atoms with Crippen molar-refractivity contribution in [3.8, 4) is 0 Å². The molecule has 0 fully saturated rings. The van der Waals surface area contributed by atoms with Crippen LogP contribution in [0.1, 0.15) is 213 Å². The van der Waals surface area contributed by atoms with Crippen molar-refractivity contribution in [2.24, 2.45) is 0 Å². The first-order chi connectivity index (χ1) is 27.2. The first-order valence-electron chi connectivity index (χ1n) is 22.8. The zero-order valence-corrected chi connectivity index (χ0v) is 36.8. The number of unbranched alkanes of at least 4 members (excludes halogenated alkanes) is 25. The molecule has 56 heavy (non-hydrogen) atoms. The van der Waals surface area contributed by atoms with E-state index in [-0.39, 0.29) is 19.4 Å². The van der Waals surface area contributed by atoms with Crippen LogP contribution in [-0.4, -0.2) is 65.7 Å². The number of ether oxygens (including phenoxy) is 2. The van der Waals surface area contributed by atoms with Gasteiger partial charge in [0.15, 0.2) is 6.10 Å². The zero-order chi connectivity index (χ0) is 41.2. The Morgan fingerprint density at radius 3 is 1.29 bits per heavy atom. The Balaban J connectivity index is 4.27. The minimum Gasteiger partial charge on any atom is -0.462 e. The summed E-state index contributed by atoms with van der Waals surface area (Å²) in [6, 6.07) is 0. The number of aliphatic hydroxyl groups is 2. The van der Waals surface area contributed by atoms with Gasteiger partial charge in [-0.15, -0.1) is 0 Å². The lowest BCUT2D eigenvalue weighted by Crippen LogP contribution is -2.29. The fourth-order valence-electron chi connectivity index (χ4n) is 6.28. The number of phosphoric ester groups is 1. The molecule has 0 radical (unpaired) electrons. The molecule has 0 aliphatic rings. The van der Waals surface area contributed by atoms with Gasteiger partial charge in [-0.25, -0.2) is 4.57 Å². The lowest BCUT2D eigenvalue weighted by atomic mass is 10.1. The summed E-state index contributed by atoms with van der Waals surface area (Å²) in [4.78, 5) is 35.0. The smallest absolute Gasteiger partial charge is 0.462 e. The summed E-state index contributed by atoms with van der Waals surface area (Å²) in [6.07, 6.45) is 41.4. The molecule has 0 bridgehead atoms. The number of hydrogen-bond acceptors (Lipinski definition) is 9. The van der Waals surface area contributed by atoms with Crippen LogP contribution in [0.15, 0.2) is 24.3 Å². The Morgan fingerprint density at radius 2 is 0.875 bits per heavy atom.